The van der Waals surface area contributed by atoms with Gasteiger partial charge in [-0.2, -0.15) is 0 Å². The first-order valence-electron chi connectivity index (χ1n) is 8.27. The highest BCUT2D eigenvalue weighted by atomic mass is 32.2. The Kier molecular flexibility index (Phi) is 4.24. The zero-order chi connectivity index (χ0) is 18.3. The first kappa shape index (κ1) is 16.8. The average molecular weight is 370 g/mol. The van der Waals surface area contributed by atoms with Crippen LogP contribution < -0.4 is 14.8 Å². The van der Waals surface area contributed by atoms with Crippen molar-refractivity contribution >= 4 is 29.3 Å². The molecule has 2 aliphatic rings. The van der Waals surface area contributed by atoms with Gasteiger partial charge in [0.2, 0.25) is 12.7 Å². The standard InChI is InChI=1S/C19H18N2O4S/c1-11-18(22)20-14-8-13(4-6-17(14)26-11)19(23)21(2)9-12-3-5-15-16(7-12)25-10-24-15/h3-8,11H,9-10H2,1-2H3,(H,20,22)/t11-/m1/s1. The van der Waals surface area contributed by atoms with E-state index >= 15 is 0 Å². The van der Waals surface area contributed by atoms with Crippen LogP contribution in [0.15, 0.2) is 41.3 Å². The number of hydrogen-bond donors (Lipinski definition) is 1. The quantitative estimate of drug-likeness (QED) is 0.899. The number of carbonyl (C=O) groups is 2. The monoisotopic (exact) mass is 370 g/mol. The second-order valence-corrected chi connectivity index (χ2v) is 7.69. The lowest BCUT2D eigenvalue weighted by Gasteiger charge is -2.23. The summed E-state index contributed by atoms with van der Waals surface area (Å²) in [4.78, 5) is 27.2. The van der Waals surface area contributed by atoms with Crippen molar-refractivity contribution in [2.75, 3.05) is 19.2 Å². The van der Waals surface area contributed by atoms with Gasteiger partial charge in [-0.05, 0) is 42.8 Å². The molecule has 0 spiro atoms. The number of thioether (sulfide) groups is 1. The molecule has 2 aromatic carbocycles. The van der Waals surface area contributed by atoms with E-state index in [0.29, 0.717) is 23.5 Å². The maximum Gasteiger partial charge on any atom is 0.253 e. The lowest BCUT2D eigenvalue weighted by Crippen LogP contribution is -2.28. The number of hydrogen-bond acceptors (Lipinski definition) is 5. The Balaban J connectivity index is 1.50. The minimum absolute atomic E-state index is 0.0409. The minimum atomic E-state index is -0.127. The number of amides is 2. The highest BCUT2D eigenvalue weighted by Gasteiger charge is 2.24. The third-order valence-electron chi connectivity index (χ3n) is 4.36. The number of nitrogens with one attached hydrogen (secondary N) is 1. The van der Waals surface area contributed by atoms with Gasteiger partial charge in [-0.1, -0.05) is 6.07 Å². The largest absolute Gasteiger partial charge is 0.454 e. The summed E-state index contributed by atoms with van der Waals surface area (Å²) >= 11 is 1.50. The van der Waals surface area contributed by atoms with Crippen LogP contribution in [-0.2, 0) is 11.3 Å². The molecule has 7 heteroatoms. The topological polar surface area (TPSA) is 67.9 Å². The Morgan fingerprint density at radius 1 is 1.23 bits per heavy atom. The van der Waals surface area contributed by atoms with Crippen LogP contribution in [0.1, 0.15) is 22.8 Å². The molecule has 0 aliphatic carbocycles. The van der Waals surface area contributed by atoms with Crippen LogP contribution in [0.4, 0.5) is 5.69 Å². The highest BCUT2D eigenvalue weighted by Crippen LogP contribution is 2.36. The van der Waals surface area contributed by atoms with Crippen LogP contribution in [0.3, 0.4) is 0 Å². The van der Waals surface area contributed by atoms with Crippen molar-refractivity contribution in [3.05, 3.63) is 47.5 Å². The molecule has 0 saturated carbocycles. The molecule has 4 rings (SSSR count). The van der Waals surface area contributed by atoms with Gasteiger partial charge in [0.25, 0.3) is 5.91 Å². The number of ether oxygens (including phenoxy) is 2. The lowest BCUT2D eigenvalue weighted by molar-refractivity contribution is -0.115. The van der Waals surface area contributed by atoms with Gasteiger partial charge in [-0.25, -0.2) is 0 Å². The van der Waals surface area contributed by atoms with E-state index < -0.39 is 0 Å². The normalized spacial score (nSPS) is 17.5. The summed E-state index contributed by atoms with van der Waals surface area (Å²) in [6.07, 6.45) is 0. The zero-order valence-corrected chi connectivity index (χ0v) is 15.3. The van der Waals surface area contributed by atoms with Crippen molar-refractivity contribution in [1.29, 1.82) is 0 Å². The number of rotatable bonds is 3. The molecular weight excluding hydrogens is 352 g/mol. The molecule has 0 saturated heterocycles. The van der Waals surface area contributed by atoms with Crippen LogP contribution in [0.25, 0.3) is 0 Å². The van der Waals surface area contributed by atoms with Crippen LogP contribution in [-0.4, -0.2) is 35.8 Å². The number of anilines is 1. The molecule has 0 radical (unpaired) electrons. The Morgan fingerprint density at radius 3 is 2.88 bits per heavy atom. The number of carbonyl (C=O) groups excluding carboxylic acids is 2. The van der Waals surface area contributed by atoms with E-state index in [1.54, 1.807) is 24.1 Å². The Hall–Kier alpha value is -2.67. The molecule has 1 atom stereocenters. The fourth-order valence-electron chi connectivity index (χ4n) is 2.95. The molecular formula is C19H18N2O4S. The third kappa shape index (κ3) is 3.10. The van der Waals surface area contributed by atoms with Crippen molar-refractivity contribution in [1.82, 2.24) is 4.90 Å². The van der Waals surface area contributed by atoms with Crippen molar-refractivity contribution in [2.24, 2.45) is 0 Å². The summed E-state index contributed by atoms with van der Waals surface area (Å²) in [5, 5.41) is 2.73. The van der Waals surface area contributed by atoms with E-state index in [9.17, 15) is 9.59 Å². The molecule has 0 aromatic heterocycles. The van der Waals surface area contributed by atoms with Crippen molar-refractivity contribution in [3.8, 4) is 11.5 Å². The van der Waals surface area contributed by atoms with Crippen LogP contribution in [0.5, 0.6) is 11.5 Å². The van der Waals surface area contributed by atoms with E-state index in [-0.39, 0.29) is 23.9 Å². The van der Waals surface area contributed by atoms with Gasteiger partial charge in [-0.15, -0.1) is 11.8 Å². The van der Waals surface area contributed by atoms with E-state index in [2.05, 4.69) is 5.32 Å². The van der Waals surface area contributed by atoms with Crippen molar-refractivity contribution in [3.63, 3.8) is 0 Å². The highest BCUT2D eigenvalue weighted by molar-refractivity contribution is 8.00. The maximum absolute atomic E-state index is 12.8. The predicted molar refractivity (Wildman–Crippen MR) is 98.8 cm³/mol. The molecule has 1 N–H and O–H groups in total. The second-order valence-electron chi connectivity index (χ2n) is 6.31. The van der Waals surface area contributed by atoms with Crippen molar-refractivity contribution in [2.45, 2.75) is 23.6 Å². The van der Waals surface area contributed by atoms with Gasteiger partial charge in [0.1, 0.15) is 0 Å². The molecule has 6 nitrogen and oxygen atoms in total. The minimum Gasteiger partial charge on any atom is -0.454 e. The molecule has 2 aromatic rings. The molecule has 26 heavy (non-hydrogen) atoms. The van der Waals surface area contributed by atoms with Gasteiger partial charge in [-0.3, -0.25) is 9.59 Å². The Morgan fingerprint density at radius 2 is 2.04 bits per heavy atom. The first-order chi connectivity index (χ1) is 12.5. The molecule has 0 unspecified atom stereocenters. The SMILES string of the molecule is C[C@H]1Sc2ccc(C(=O)N(C)Cc3ccc4c(c3)OCO4)cc2NC1=O. The van der Waals surface area contributed by atoms with Gasteiger partial charge >= 0.3 is 0 Å². The Labute approximate surface area is 155 Å². The molecule has 134 valence electrons. The van der Waals surface area contributed by atoms with Crippen molar-refractivity contribution < 1.29 is 19.1 Å². The second kappa shape index (κ2) is 6.57. The lowest BCUT2D eigenvalue weighted by atomic mass is 10.1. The number of nitrogens with zero attached hydrogens (tertiary/aromatic N) is 1. The summed E-state index contributed by atoms with van der Waals surface area (Å²) in [6, 6.07) is 11.1. The molecule has 2 heterocycles. The Bertz CT molecular complexity index is 899. The fourth-order valence-corrected chi connectivity index (χ4v) is 3.88. The van der Waals surface area contributed by atoms with Gasteiger partial charge in [0, 0.05) is 24.1 Å². The molecule has 0 fully saturated rings. The smallest absolute Gasteiger partial charge is 0.253 e. The van der Waals surface area contributed by atoms with Crippen LogP contribution >= 0.6 is 11.8 Å². The van der Waals surface area contributed by atoms with E-state index in [4.69, 9.17) is 9.47 Å². The average Bonchev–Trinajstić information content (AvgIpc) is 3.09. The van der Waals surface area contributed by atoms with Crippen LogP contribution in [0, 0.1) is 0 Å². The fraction of sp³-hybridized carbons (Fsp3) is 0.263. The number of benzene rings is 2. The van der Waals surface area contributed by atoms with E-state index in [1.807, 2.05) is 31.2 Å². The van der Waals surface area contributed by atoms with E-state index in [0.717, 1.165) is 16.2 Å². The van der Waals surface area contributed by atoms with Gasteiger partial charge in [0.15, 0.2) is 11.5 Å². The van der Waals surface area contributed by atoms with Gasteiger partial charge in [0.05, 0.1) is 10.9 Å². The molecule has 2 aliphatic heterocycles. The summed E-state index contributed by atoms with van der Waals surface area (Å²) < 4.78 is 10.7. The summed E-state index contributed by atoms with van der Waals surface area (Å²) in [6.45, 7) is 2.54. The molecule has 2 amide bonds. The summed E-state index contributed by atoms with van der Waals surface area (Å²) in [5.41, 5.74) is 2.20. The third-order valence-corrected chi connectivity index (χ3v) is 5.54. The zero-order valence-electron chi connectivity index (χ0n) is 14.4. The molecule has 0 bridgehead atoms. The van der Waals surface area contributed by atoms with Gasteiger partial charge < -0.3 is 19.7 Å². The first-order valence-corrected chi connectivity index (χ1v) is 9.15. The summed E-state index contributed by atoms with van der Waals surface area (Å²) in [7, 11) is 1.75. The summed E-state index contributed by atoms with van der Waals surface area (Å²) in [5.74, 6) is 1.27. The van der Waals surface area contributed by atoms with Crippen LogP contribution in [0.2, 0.25) is 0 Å². The number of fused-ring (bicyclic) bond motifs is 2. The predicted octanol–water partition coefficient (Wildman–Crippen LogP) is 3.12. The maximum atomic E-state index is 12.8. The van der Waals surface area contributed by atoms with E-state index in [1.165, 1.54) is 11.8 Å².